The Morgan fingerprint density at radius 2 is 2.00 bits per heavy atom. The van der Waals surface area contributed by atoms with Gasteiger partial charge >= 0.3 is 0 Å². The summed E-state index contributed by atoms with van der Waals surface area (Å²) in [6.07, 6.45) is 0.693. The molecule has 1 atom stereocenters. The maximum Gasteiger partial charge on any atom is 0.265 e. The highest BCUT2D eigenvalue weighted by Crippen LogP contribution is 2.35. The van der Waals surface area contributed by atoms with Crippen molar-refractivity contribution in [1.82, 2.24) is 4.98 Å². The molecule has 1 aliphatic rings. The van der Waals surface area contributed by atoms with E-state index in [1.165, 1.54) is 11.3 Å². The number of aryl methyl sites for hydroxylation is 1. The third kappa shape index (κ3) is 4.80. The lowest BCUT2D eigenvalue weighted by molar-refractivity contribution is -0.122. The summed E-state index contributed by atoms with van der Waals surface area (Å²) in [4.78, 5) is 16.2. The van der Waals surface area contributed by atoms with Crippen molar-refractivity contribution in [1.29, 1.82) is 0 Å². The highest BCUT2D eigenvalue weighted by molar-refractivity contribution is 7.92. The summed E-state index contributed by atoms with van der Waals surface area (Å²) < 4.78 is 32.9. The molecule has 0 fully saturated rings. The molecule has 0 bridgehead atoms. The van der Waals surface area contributed by atoms with Gasteiger partial charge in [0, 0.05) is 10.9 Å². The number of benzene rings is 2. The van der Waals surface area contributed by atoms with Crippen molar-refractivity contribution < 1.29 is 17.9 Å². The van der Waals surface area contributed by atoms with Crippen LogP contribution < -0.4 is 14.8 Å². The number of amides is 1. The Kier molecular flexibility index (Phi) is 5.74. The number of sulfonamides is 1. The summed E-state index contributed by atoms with van der Waals surface area (Å²) in [5.74, 6) is 0.416. The quantitative estimate of drug-likeness (QED) is 0.577. The fraction of sp³-hybridized carbons (Fsp3) is 0.238. The molecule has 0 saturated heterocycles. The number of ether oxygens (including phenoxy) is 1. The molecule has 1 aliphatic heterocycles. The zero-order chi connectivity index (χ0) is 21.1. The molecule has 4 rings (SSSR count). The first-order chi connectivity index (χ1) is 14.4. The number of carbonyl (C=O) groups is 1. The lowest BCUT2D eigenvalue weighted by atomic mass is 10.1. The number of thiazole rings is 1. The molecular formula is C21H21N3O4S2. The molecule has 1 unspecified atom stereocenters. The lowest BCUT2D eigenvalue weighted by Gasteiger charge is -2.23. The van der Waals surface area contributed by atoms with E-state index in [0.717, 1.165) is 11.1 Å². The first-order valence-corrected chi connectivity index (χ1v) is 12.0. The van der Waals surface area contributed by atoms with E-state index in [-0.39, 0.29) is 11.7 Å². The monoisotopic (exact) mass is 443 g/mol. The molecule has 0 aliphatic carbocycles. The second kappa shape index (κ2) is 8.45. The van der Waals surface area contributed by atoms with E-state index in [4.69, 9.17) is 4.74 Å². The van der Waals surface area contributed by atoms with Crippen LogP contribution in [0.1, 0.15) is 18.9 Å². The second-order valence-corrected chi connectivity index (χ2v) is 9.71. The van der Waals surface area contributed by atoms with Crippen molar-refractivity contribution in [3.63, 3.8) is 0 Å². The fourth-order valence-electron chi connectivity index (χ4n) is 3.12. The molecule has 156 valence electrons. The summed E-state index contributed by atoms with van der Waals surface area (Å²) in [5.41, 5.74) is 3.07. The first-order valence-electron chi connectivity index (χ1n) is 9.51. The van der Waals surface area contributed by atoms with Gasteiger partial charge in [0.2, 0.25) is 10.0 Å². The summed E-state index contributed by atoms with van der Waals surface area (Å²) in [5, 5.41) is 4.89. The van der Waals surface area contributed by atoms with Crippen LogP contribution in [-0.4, -0.2) is 31.2 Å². The Hall–Kier alpha value is -2.91. The average Bonchev–Trinajstić information content (AvgIpc) is 3.17. The number of rotatable bonds is 7. The van der Waals surface area contributed by atoms with Crippen LogP contribution in [0.4, 0.5) is 10.8 Å². The Bertz CT molecular complexity index is 1160. The number of fused-ring (bicyclic) bond motifs is 1. The van der Waals surface area contributed by atoms with Crippen LogP contribution in [-0.2, 0) is 21.2 Å². The van der Waals surface area contributed by atoms with Crippen molar-refractivity contribution in [2.24, 2.45) is 0 Å². The second-order valence-electron chi connectivity index (χ2n) is 7.01. The number of anilines is 2. The highest BCUT2D eigenvalue weighted by Gasteiger charge is 2.24. The maximum atomic E-state index is 12.4. The SMILES string of the molecule is CC1Oc2ccc(-c3csc(NS(=O)(=O)CCCc4ccccc4)n3)cc2NC1=O. The molecule has 0 spiro atoms. The summed E-state index contributed by atoms with van der Waals surface area (Å²) in [6, 6.07) is 15.2. The van der Waals surface area contributed by atoms with E-state index in [1.54, 1.807) is 24.4 Å². The summed E-state index contributed by atoms with van der Waals surface area (Å²) >= 11 is 1.22. The van der Waals surface area contributed by atoms with Gasteiger partial charge in [0.15, 0.2) is 11.2 Å². The number of nitrogens with zero attached hydrogens (tertiary/aromatic N) is 1. The van der Waals surface area contributed by atoms with E-state index in [0.29, 0.717) is 35.1 Å². The molecule has 3 aromatic rings. The van der Waals surface area contributed by atoms with E-state index in [1.807, 2.05) is 36.4 Å². The van der Waals surface area contributed by atoms with Crippen molar-refractivity contribution in [2.75, 3.05) is 15.8 Å². The minimum atomic E-state index is -3.48. The van der Waals surface area contributed by atoms with Gasteiger partial charge in [0.25, 0.3) is 5.91 Å². The number of hydrogen-bond acceptors (Lipinski definition) is 6. The van der Waals surface area contributed by atoms with Crippen LogP contribution in [0, 0.1) is 0 Å². The molecule has 0 radical (unpaired) electrons. The van der Waals surface area contributed by atoms with E-state index < -0.39 is 16.1 Å². The van der Waals surface area contributed by atoms with Crippen molar-refractivity contribution in [2.45, 2.75) is 25.9 Å². The Morgan fingerprint density at radius 1 is 1.20 bits per heavy atom. The molecule has 9 heteroatoms. The van der Waals surface area contributed by atoms with Gasteiger partial charge in [-0.2, -0.15) is 0 Å². The molecule has 0 saturated carbocycles. The van der Waals surface area contributed by atoms with Gasteiger partial charge < -0.3 is 10.1 Å². The lowest BCUT2D eigenvalue weighted by Crippen LogP contribution is -2.34. The van der Waals surface area contributed by atoms with Crippen molar-refractivity contribution in [3.8, 4) is 17.0 Å². The third-order valence-corrected chi connectivity index (χ3v) is 6.89. The topological polar surface area (TPSA) is 97.4 Å². The zero-order valence-corrected chi connectivity index (χ0v) is 17.9. The van der Waals surface area contributed by atoms with Crippen LogP contribution in [0.25, 0.3) is 11.3 Å². The molecule has 30 heavy (non-hydrogen) atoms. The molecular weight excluding hydrogens is 422 g/mol. The van der Waals surface area contributed by atoms with Crippen LogP contribution in [0.3, 0.4) is 0 Å². The van der Waals surface area contributed by atoms with E-state index in [2.05, 4.69) is 15.0 Å². The van der Waals surface area contributed by atoms with Crippen molar-refractivity contribution in [3.05, 3.63) is 59.5 Å². The number of hydrogen-bond donors (Lipinski definition) is 2. The minimum absolute atomic E-state index is 0.0250. The first kappa shape index (κ1) is 20.4. The normalized spacial score (nSPS) is 15.8. The number of carbonyl (C=O) groups excluding carboxylic acids is 1. The molecule has 7 nitrogen and oxygen atoms in total. The standard InChI is InChI=1S/C21H21N3O4S2/c1-14-20(25)22-17-12-16(9-10-19(17)28-14)18-13-29-21(23-18)24-30(26,27)11-5-8-15-6-3-2-4-7-15/h2-4,6-7,9-10,12-14H,5,8,11H2,1H3,(H,22,25)(H,23,24). The molecule has 1 amide bonds. The van der Waals surface area contributed by atoms with Crippen LogP contribution >= 0.6 is 11.3 Å². The van der Waals surface area contributed by atoms with Gasteiger partial charge in [-0.3, -0.25) is 9.52 Å². The Balaban J connectivity index is 1.40. The predicted molar refractivity (Wildman–Crippen MR) is 118 cm³/mol. The highest BCUT2D eigenvalue weighted by atomic mass is 32.2. The smallest absolute Gasteiger partial charge is 0.265 e. The third-order valence-electron chi connectivity index (χ3n) is 4.67. The van der Waals surface area contributed by atoms with Crippen LogP contribution in [0.2, 0.25) is 0 Å². The molecule has 2 aromatic carbocycles. The van der Waals surface area contributed by atoms with Crippen LogP contribution in [0.5, 0.6) is 5.75 Å². The summed E-state index contributed by atoms with van der Waals surface area (Å²) in [6.45, 7) is 1.69. The number of nitrogens with one attached hydrogen (secondary N) is 2. The van der Waals surface area contributed by atoms with Gasteiger partial charge in [0.05, 0.1) is 17.1 Å². The molecule has 2 heterocycles. The molecule has 1 aromatic heterocycles. The van der Waals surface area contributed by atoms with Gasteiger partial charge in [-0.1, -0.05) is 30.3 Å². The zero-order valence-electron chi connectivity index (χ0n) is 16.3. The minimum Gasteiger partial charge on any atom is -0.479 e. The average molecular weight is 444 g/mol. The van der Waals surface area contributed by atoms with E-state index >= 15 is 0 Å². The number of aromatic nitrogens is 1. The van der Waals surface area contributed by atoms with Gasteiger partial charge in [0.1, 0.15) is 5.75 Å². The maximum absolute atomic E-state index is 12.4. The predicted octanol–water partition coefficient (Wildman–Crippen LogP) is 3.90. The van der Waals surface area contributed by atoms with Gasteiger partial charge in [-0.25, -0.2) is 13.4 Å². The van der Waals surface area contributed by atoms with Crippen molar-refractivity contribution >= 4 is 38.1 Å². The van der Waals surface area contributed by atoms with Gasteiger partial charge in [-0.05, 0) is 43.5 Å². The Labute approximate surface area is 179 Å². The van der Waals surface area contributed by atoms with E-state index in [9.17, 15) is 13.2 Å². The largest absolute Gasteiger partial charge is 0.479 e. The fourth-order valence-corrected chi connectivity index (χ4v) is 5.19. The van der Waals surface area contributed by atoms with Crippen LogP contribution in [0.15, 0.2) is 53.9 Å². The Morgan fingerprint density at radius 3 is 2.80 bits per heavy atom. The molecule has 2 N–H and O–H groups in total. The summed E-state index contributed by atoms with van der Waals surface area (Å²) in [7, 11) is -3.48. The van der Waals surface area contributed by atoms with Gasteiger partial charge in [-0.15, -0.1) is 11.3 Å².